The molecule has 0 bridgehead atoms. The van der Waals surface area contributed by atoms with E-state index in [1.54, 1.807) is 18.3 Å². The molecule has 6 rings (SSSR count). The van der Waals surface area contributed by atoms with E-state index in [0.717, 1.165) is 61.0 Å². The van der Waals surface area contributed by atoms with Crippen LogP contribution >= 0.6 is 0 Å². The highest BCUT2D eigenvalue weighted by Crippen LogP contribution is 2.37. The number of benzene rings is 3. The van der Waals surface area contributed by atoms with Crippen LogP contribution in [0.15, 0.2) is 97.3 Å². The van der Waals surface area contributed by atoms with Gasteiger partial charge in [-0.25, -0.2) is 9.37 Å². The van der Waals surface area contributed by atoms with Crippen molar-refractivity contribution in [2.45, 2.75) is 51.5 Å². The van der Waals surface area contributed by atoms with Crippen LogP contribution in [0.2, 0.25) is 0 Å². The number of pyridine rings is 1. The molecule has 0 unspecified atom stereocenters. The van der Waals surface area contributed by atoms with Crippen molar-refractivity contribution in [3.63, 3.8) is 0 Å². The maximum atomic E-state index is 12.7. The summed E-state index contributed by atoms with van der Waals surface area (Å²) in [5.74, 6) is 2.08. The number of hydrogen-bond donors (Lipinski definition) is 1. The Bertz CT molecular complexity index is 1710. The topological polar surface area (TPSA) is 81.9 Å². The van der Waals surface area contributed by atoms with E-state index in [2.05, 4.69) is 34.6 Å². The first kappa shape index (κ1) is 32.6. The van der Waals surface area contributed by atoms with Crippen LogP contribution in [-0.4, -0.2) is 35.3 Å². The minimum Gasteiger partial charge on any atom is -0.466 e. The van der Waals surface area contributed by atoms with E-state index in [0.29, 0.717) is 36.3 Å². The molecular weight excluding hydrogens is 581 g/mol. The number of rotatable bonds is 10. The highest BCUT2D eigenvalue weighted by Gasteiger charge is 2.24. The largest absolute Gasteiger partial charge is 0.466 e. The summed E-state index contributed by atoms with van der Waals surface area (Å²) in [6.45, 7) is 3.15. The minimum absolute atomic E-state index is 0.0598. The molecule has 46 heavy (non-hydrogen) atoms. The van der Waals surface area contributed by atoms with Gasteiger partial charge in [-0.2, -0.15) is 0 Å². The number of esters is 1. The number of hydrogen-bond acceptors (Lipinski definition) is 6. The van der Waals surface area contributed by atoms with Crippen LogP contribution in [0.4, 0.5) is 4.39 Å². The molecule has 2 heterocycles. The molecule has 0 saturated heterocycles. The fraction of sp³-hybridized carbons (Fsp3) is 0.289. The molecule has 1 aliphatic carbocycles. The Morgan fingerprint density at radius 2 is 1.54 bits per heavy atom. The van der Waals surface area contributed by atoms with Crippen molar-refractivity contribution in [2.75, 3.05) is 13.7 Å². The Labute approximate surface area is 269 Å². The summed E-state index contributed by atoms with van der Waals surface area (Å²) in [4.78, 5) is 26.9. The van der Waals surface area contributed by atoms with E-state index in [-0.39, 0.29) is 11.8 Å². The van der Waals surface area contributed by atoms with Crippen molar-refractivity contribution >= 4 is 17.9 Å². The molecule has 7 nitrogen and oxygen atoms in total. The first-order chi connectivity index (χ1) is 22.4. The molecule has 2 aromatic heterocycles. The van der Waals surface area contributed by atoms with Gasteiger partial charge in [0.05, 0.1) is 6.61 Å². The van der Waals surface area contributed by atoms with Crippen molar-refractivity contribution in [1.29, 1.82) is 0 Å². The average Bonchev–Trinajstić information content (AvgIpc) is 3.51. The number of aldehydes is 1. The molecule has 1 fully saturated rings. The zero-order valence-corrected chi connectivity index (χ0v) is 26.3. The molecule has 0 radical (unpaired) electrons. The first-order valence-electron chi connectivity index (χ1n) is 15.8. The van der Waals surface area contributed by atoms with Gasteiger partial charge in [0.25, 0.3) is 0 Å². The number of nitrogens with one attached hydrogen (secondary N) is 1. The van der Waals surface area contributed by atoms with Gasteiger partial charge < -0.3 is 19.2 Å². The number of halogens is 1. The molecule has 1 saturated carbocycles. The second-order valence-corrected chi connectivity index (χ2v) is 11.5. The Hall–Kier alpha value is -4.82. The maximum Gasteiger partial charge on any atom is 0.306 e. The standard InChI is InChI=1S/C24H26N2O3.C14H14FNO/c1-2-29-24(28)13-17-3-5-18(6-4-17)19-7-9-20(10-8-19)21-11-12-23-25-22(16-27)15-26(23)14-21;1-16-10-11-2-6-13(7-3-11)17-14-8-4-12(15)5-9-14/h7-12,14-18H,2-6,13H2,1H3;2-9,16H,10H2,1H3. The number of fused-ring (bicyclic) bond motifs is 1. The highest BCUT2D eigenvalue weighted by molar-refractivity contribution is 5.74. The van der Waals surface area contributed by atoms with Crippen molar-refractivity contribution in [1.82, 2.24) is 14.7 Å². The van der Waals surface area contributed by atoms with Gasteiger partial charge in [0.15, 0.2) is 6.29 Å². The number of carbonyl (C=O) groups is 2. The lowest BCUT2D eigenvalue weighted by molar-refractivity contribution is -0.144. The molecule has 0 aliphatic heterocycles. The van der Waals surface area contributed by atoms with E-state index in [1.807, 2.05) is 61.0 Å². The molecule has 3 aromatic carbocycles. The van der Waals surface area contributed by atoms with E-state index < -0.39 is 0 Å². The SMILES string of the molecule is CCOC(=O)CC1CCC(c2ccc(-c3ccc4nc(C=O)cn4c3)cc2)CC1.CNCc1ccc(Oc2ccc(F)cc2)cc1. The lowest BCUT2D eigenvalue weighted by atomic mass is 9.77. The molecule has 0 spiro atoms. The summed E-state index contributed by atoms with van der Waals surface area (Å²) >= 11 is 0. The first-order valence-corrected chi connectivity index (χ1v) is 15.8. The summed E-state index contributed by atoms with van der Waals surface area (Å²) in [5, 5.41) is 3.08. The van der Waals surface area contributed by atoms with Crippen LogP contribution in [0, 0.1) is 11.7 Å². The smallest absolute Gasteiger partial charge is 0.306 e. The molecule has 0 amide bonds. The predicted molar refractivity (Wildman–Crippen MR) is 178 cm³/mol. The van der Waals surface area contributed by atoms with E-state index in [1.165, 1.54) is 23.3 Å². The third-order valence-corrected chi connectivity index (χ3v) is 8.27. The summed E-state index contributed by atoms with van der Waals surface area (Å²) in [6.07, 6.45) is 9.49. The van der Waals surface area contributed by atoms with E-state index >= 15 is 0 Å². The number of ether oxygens (including phenoxy) is 2. The summed E-state index contributed by atoms with van der Waals surface area (Å²) in [6, 6.07) is 26.5. The lowest BCUT2D eigenvalue weighted by Crippen LogP contribution is -2.17. The van der Waals surface area contributed by atoms with Gasteiger partial charge in [-0.3, -0.25) is 9.59 Å². The Kier molecular flexibility index (Phi) is 11.3. The molecule has 1 N–H and O–H groups in total. The highest BCUT2D eigenvalue weighted by atomic mass is 19.1. The average molecular weight is 622 g/mol. The monoisotopic (exact) mass is 621 g/mol. The molecule has 1 aliphatic rings. The van der Waals surface area contributed by atoms with Crippen LogP contribution in [0.5, 0.6) is 11.5 Å². The Morgan fingerprint density at radius 3 is 2.17 bits per heavy atom. The molecule has 8 heteroatoms. The van der Waals surface area contributed by atoms with Crippen LogP contribution < -0.4 is 10.1 Å². The second-order valence-electron chi connectivity index (χ2n) is 11.5. The second kappa shape index (κ2) is 16.0. The van der Waals surface area contributed by atoms with Gasteiger partial charge in [0.1, 0.15) is 28.7 Å². The van der Waals surface area contributed by atoms with Crippen molar-refractivity contribution in [3.8, 4) is 22.6 Å². The zero-order chi connectivity index (χ0) is 32.3. The van der Waals surface area contributed by atoms with Gasteiger partial charge in [-0.15, -0.1) is 0 Å². The fourth-order valence-electron chi connectivity index (χ4n) is 5.86. The maximum absolute atomic E-state index is 12.7. The van der Waals surface area contributed by atoms with Gasteiger partial charge in [0.2, 0.25) is 0 Å². The van der Waals surface area contributed by atoms with Crippen molar-refractivity contribution < 1.29 is 23.5 Å². The van der Waals surface area contributed by atoms with Gasteiger partial charge in [-0.1, -0.05) is 36.4 Å². The van der Waals surface area contributed by atoms with Crippen molar-refractivity contribution in [2.24, 2.45) is 5.92 Å². The minimum atomic E-state index is -0.262. The van der Waals surface area contributed by atoms with Gasteiger partial charge in [0, 0.05) is 25.4 Å². The number of aromatic nitrogens is 2. The third kappa shape index (κ3) is 8.88. The number of nitrogens with zero attached hydrogens (tertiary/aromatic N) is 2. The summed E-state index contributed by atoms with van der Waals surface area (Å²) in [7, 11) is 1.91. The van der Waals surface area contributed by atoms with Gasteiger partial charge in [-0.05, 0) is 122 Å². The van der Waals surface area contributed by atoms with Crippen LogP contribution in [0.3, 0.4) is 0 Å². The van der Waals surface area contributed by atoms with E-state index in [4.69, 9.17) is 9.47 Å². The zero-order valence-electron chi connectivity index (χ0n) is 26.3. The number of imidazole rings is 1. The summed E-state index contributed by atoms with van der Waals surface area (Å²) in [5.41, 5.74) is 6.02. The van der Waals surface area contributed by atoms with Crippen LogP contribution in [0.1, 0.15) is 66.6 Å². The molecule has 238 valence electrons. The lowest BCUT2D eigenvalue weighted by Gasteiger charge is -2.28. The quantitative estimate of drug-likeness (QED) is 0.125. The number of carbonyl (C=O) groups excluding carboxylic acids is 2. The van der Waals surface area contributed by atoms with E-state index in [9.17, 15) is 14.0 Å². The van der Waals surface area contributed by atoms with Crippen LogP contribution in [0.25, 0.3) is 16.8 Å². The van der Waals surface area contributed by atoms with Crippen LogP contribution in [-0.2, 0) is 16.1 Å². The summed E-state index contributed by atoms with van der Waals surface area (Å²) < 4.78 is 25.3. The molecule has 5 aromatic rings. The molecular formula is C38H40FN3O4. The Balaban J connectivity index is 0.000000209. The predicted octanol–water partition coefficient (Wildman–Crippen LogP) is 8.38. The third-order valence-electron chi connectivity index (χ3n) is 8.27. The van der Waals surface area contributed by atoms with Crippen molar-refractivity contribution in [3.05, 3.63) is 120 Å². The fourth-order valence-corrected chi connectivity index (χ4v) is 5.86. The Morgan fingerprint density at radius 1 is 0.891 bits per heavy atom. The normalized spacial score (nSPS) is 15.9. The van der Waals surface area contributed by atoms with Gasteiger partial charge >= 0.3 is 5.97 Å². The molecule has 0 atom stereocenters.